The summed E-state index contributed by atoms with van der Waals surface area (Å²) in [5, 5.41) is 3.73. The highest BCUT2D eigenvalue weighted by molar-refractivity contribution is 6.43. The molecule has 2 rings (SSSR count). The van der Waals surface area contributed by atoms with Crippen molar-refractivity contribution < 1.29 is 9.53 Å². The van der Waals surface area contributed by atoms with E-state index in [0.717, 1.165) is 24.9 Å². The number of anilines is 1. The maximum Gasteiger partial charge on any atom is 0.262 e. The number of rotatable bonds is 7. The minimum absolute atomic E-state index is 0.171. The van der Waals surface area contributed by atoms with Crippen molar-refractivity contribution in [3.63, 3.8) is 0 Å². The van der Waals surface area contributed by atoms with E-state index in [9.17, 15) is 4.79 Å². The van der Waals surface area contributed by atoms with Gasteiger partial charge in [0.05, 0.1) is 15.1 Å². The van der Waals surface area contributed by atoms with E-state index in [1.807, 2.05) is 24.3 Å². The molecule has 2 aromatic carbocycles. The maximum absolute atomic E-state index is 12.0. The predicted molar refractivity (Wildman–Crippen MR) is 101 cm³/mol. The molecule has 3 nitrogen and oxygen atoms in total. The first-order valence-corrected chi connectivity index (χ1v) is 8.79. The molecule has 0 spiro atoms. The number of hydrogen-bond donors (Lipinski definition) is 1. The van der Waals surface area contributed by atoms with Crippen LogP contribution in [0.25, 0.3) is 0 Å². The summed E-state index contributed by atoms with van der Waals surface area (Å²) in [6, 6.07) is 10.8. The van der Waals surface area contributed by atoms with Gasteiger partial charge in [0.2, 0.25) is 0 Å². The number of benzene rings is 2. The predicted octanol–water partition coefficient (Wildman–Crippen LogP) is 6.01. The van der Waals surface area contributed by atoms with E-state index in [1.54, 1.807) is 0 Å². The Kier molecular flexibility index (Phi) is 7.22. The zero-order chi connectivity index (χ0) is 17.5. The van der Waals surface area contributed by atoms with Gasteiger partial charge in [0.15, 0.2) is 6.61 Å². The Morgan fingerprint density at radius 2 is 1.71 bits per heavy atom. The molecule has 0 aliphatic heterocycles. The number of nitrogens with one attached hydrogen (secondary N) is 1. The molecule has 0 heterocycles. The molecule has 0 aromatic heterocycles. The minimum Gasteiger partial charge on any atom is -0.482 e. The van der Waals surface area contributed by atoms with Gasteiger partial charge < -0.3 is 10.1 Å². The van der Waals surface area contributed by atoms with E-state index >= 15 is 0 Å². The fraction of sp³-hybridized carbons (Fsp3) is 0.278. The van der Waals surface area contributed by atoms with Gasteiger partial charge in [-0.3, -0.25) is 4.79 Å². The molecule has 1 amide bonds. The van der Waals surface area contributed by atoms with Crippen LogP contribution in [0.15, 0.2) is 36.4 Å². The van der Waals surface area contributed by atoms with E-state index in [0.29, 0.717) is 20.8 Å². The van der Waals surface area contributed by atoms with E-state index in [-0.39, 0.29) is 12.5 Å². The first-order valence-electron chi connectivity index (χ1n) is 7.65. The zero-order valence-electron chi connectivity index (χ0n) is 13.2. The quantitative estimate of drug-likeness (QED) is 0.592. The van der Waals surface area contributed by atoms with Gasteiger partial charge in [-0.05, 0) is 36.6 Å². The Hall–Kier alpha value is -1.42. The van der Waals surface area contributed by atoms with Crippen LogP contribution in [-0.2, 0) is 11.2 Å². The van der Waals surface area contributed by atoms with Gasteiger partial charge in [-0.2, -0.15) is 0 Å². The number of hydrogen-bond acceptors (Lipinski definition) is 2. The summed E-state index contributed by atoms with van der Waals surface area (Å²) in [7, 11) is 0. The van der Waals surface area contributed by atoms with Gasteiger partial charge in [-0.1, -0.05) is 60.3 Å². The van der Waals surface area contributed by atoms with E-state index < -0.39 is 0 Å². The molecule has 1 N–H and O–H groups in total. The van der Waals surface area contributed by atoms with Gasteiger partial charge in [0.1, 0.15) is 5.75 Å². The molecule has 0 fully saturated rings. The number of halogens is 3. The molecule has 128 valence electrons. The van der Waals surface area contributed by atoms with Gasteiger partial charge in [0.25, 0.3) is 5.91 Å². The normalized spacial score (nSPS) is 10.5. The second-order valence-corrected chi connectivity index (χ2v) is 6.56. The van der Waals surface area contributed by atoms with E-state index in [2.05, 4.69) is 12.2 Å². The fourth-order valence-electron chi connectivity index (χ4n) is 2.09. The van der Waals surface area contributed by atoms with Crippen LogP contribution >= 0.6 is 34.8 Å². The molecule has 0 aliphatic carbocycles. The standard InChI is InChI=1S/C18H18Cl3NO2/c1-2-3-4-12-5-7-13(8-6-12)22-18(23)11-24-17-10-15(20)14(19)9-16(17)21/h5-10H,2-4,11H2,1H3,(H,22,23). The first kappa shape index (κ1) is 18.9. The number of carbonyl (C=O) groups is 1. The number of amides is 1. The molecule has 2 aromatic rings. The highest BCUT2D eigenvalue weighted by Gasteiger charge is 2.10. The number of ether oxygens (including phenoxy) is 1. The average Bonchev–Trinajstić information content (AvgIpc) is 2.56. The highest BCUT2D eigenvalue weighted by Crippen LogP contribution is 2.33. The number of aryl methyl sites for hydroxylation is 1. The molecular weight excluding hydrogens is 369 g/mol. The Labute approximate surface area is 156 Å². The van der Waals surface area contributed by atoms with Crippen LogP contribution in [0.5, 0.6) is 5.75 Å². The lowest BCUT2D eigenvalue weighted by atomic mass is 10.1. The molecule has 0 atom stereocenters. The smallest absolute Gasteiger partial charge is 0.262 e. The summed E-state index contributed by atoms with van der Waals surface area (Å²) in [6.45, 7) is 1.99. The molecule has 0 saturated carbocycles. The van der Waals surface area contributed by atoms with Crippen molar-refractivity contribution in [1.82, 2.24) is 0 Å². The van der Waals surface area contributed by atoms with Crippen molar-refractivity contribution >= 4 is 46.4 Å². The second kappa shape index (κ2) is 9.16. The fourth-order valence-corrected chi connectivity index (χ4v) is 2.68. The summed E-state index contributed by atoms with van der Waals surface area (Å²) >= 11 is 17.8. The summed E-state index contributed by atoms with van der Waals surface area (Å²) < 4.78 is 5.40. The monoisotopic (exact) mass is 385 g/mol. The van der Waals surface area contributed by atoms with Gasteiger partial charge in [-0.15, -0.1) is 0 Å². The van der Waals surface area contributed by atoms with Crippen molar-refractivity contribution in [3.05, 3.63) is 57.0 Å². The Balaban J connectivity index is 1.88. The summed E-state index contributed by atoms with van der Waals surface area (Å²) in [5.74, 6) is 0.0366. The lowest BCUT2D eigenvalue weighted by Gasteiger charge is -2.10. The van der Waals surface area contributed by atoms with Crippen LogP contribution in [0.4, 0.5) is 5.69 Å². The van der Waals surface area contributed by atoms with Crippen LogP contribution in [0.1, 0.15) is 25.3 Å². The van der Waals surface area contributed by atoms with Crippen LogP contribution in [-0.4, -0.2) is 12.5 Å². The third-order valence-electron chi connectivity index (χ3n) is 3.39. The van der Waals surface area contributed by atoms with Crippen molar-refractivity contribution in [2.75, 3.05) is 11.9 Å². The third kappa shape index (κ3) is 5.59. The third-order valence-corrected chi connectivity index (χ3v) is 4.41. The zero-order valence-corrected chi connectivity index (χ0v) is 15.5. The van der Waals surface area contributed by atoms with Crippen LogP contribution < -0.4 is 10.1 Å². The van der Waals surface area contributed by atoms with Crippen molar-refractivity contribution in [2.45, 2.75) is 26.2 Å². The maximum atomic E-state index is 12.0. The molecule has 0 bridgehead atoms. The molecule has 0 unspecified atom stereocenters. The lowest BCUT2D eigenvalue weighted by molar-refractivity contribution is -0.118. The topological polar surface area (TPSA) is 38.3 Å². The van der Waals surface area contributed by atoms with Crippen molar-refractivity contribution in [2.24, 2.45) is 0 Å². The van der Waals surface area contributed by atoms with Crippen LogP contribution in [0.2, 0.25) is 15.1 Å². The largest absolute Gasteiger partial charge is 0.482 e. The number of carbonyl (C=O) groups excluding carboxylic acids is 1. The average molecular weight is 387 g/mol. The molecular formula is C18H18Cl3NO2. The number of unbranched alkanes of at least 4 members (excludes halogenated alkanes) is 1. The van der Waals surface area contributed by atoms with Crippen LogP contribution in [0.3, 0.4) is 0 Å². The van der Waals surface area contributed by atoms with E-state index in [4.69, 9.17) is 39.5 Å². The van der Waals surface area contributed by atoms with Gasteiger partial charge in [0, 0.05) is 11.8 Å². The Morgan fingerprint density at radius 1 is 1.04 bits per heavy atom. The van der Waals surface area contributed by atoms with Crippen LogP contribution in [0, 0.1) is 0 Å². The summed E-state index contributed by atoms with van der Waals surface area (Å²) in [6.07, 6.45) is 3.36. The lowest BCUT2D eigenvalue weighted by Crippen LogP contribution is -2.20. The molecule has 0 aliphatic rings. The summed E-state index contributed by atoms with van der Waals surface area (Å²) in [4.78, 5) is 12.0. The van der Waals surface area contributed by atoms with Gasteiger partial charge >= 0.3 is 0 Å². The highest BCUT2D eigenvalue weighted by atomic mass is 35.5. The van der Waals surface area contributed by atoms with E-state index in [1.165, 1.54) is 17.7 Å². The molecule has 24 heavy (non-hydrogen) atoms. The Morgan fingerprint density at radius 3 is 2.38 bits per heavy atom. The SMILES string of the molecule is CCCCc1ccc(NC(=O)COc2cc(Cl)c(Cl)cc2Cl)cc1. The van der Waals surface area contributed by atoms with Gasteiger partial charge in [-0.25, -0.2) is 0 Å². The van der Waals surface area contributed by atoms with Crippen molar-refractivity contribution in [3.8, 4) is 5.75 Å². The molecule has 0 radical (unpaired) electrons. The minimum atomic E-state index is -0.279. The Bertz CT molecular complexity index is 702. The van der Waals surface area contributed by atoms with Crippen molar-refractivity contribution in [1.29, 1.82) is 0 Å². The molecule has 0 saturated heterocycles. The summed E-state index contributed by atoms with van der Waals surface area (Å²) in [5.41, 5.74) is 1.98. The second-order valence-electron chi connectivity index (χ2n) is 5.33. The molecule has 6 heteroatoms. The first-order chi connectivity index (χ1) is 11.5.